The van der Waals surface area contributed by atoms with Crippen molar-refractivity contribution in [2.75, 3.05) is 12.8 Å². The minimum atomic E-state index is 0.0711. The summed E-state index contributed by atoms with van der Waals surface area (Å²) in [6.45, 7) is 8.31. The predicted molar refractivity (Wildman–Crippen MR) is 116 cm³/mol. The molecule has 0 saturated heterocycles. The van der Waals surface area contributed by atoms with Crippen LogP contribution < -0.4 is 0 Å². The molecule has 0 aliphatic rings. The highest BCUT2D eigenvalue weighted by Gasteiger charge is 2.22. The first-order valence-electron chi connectivity index (χ1n) is 9.00. The molecule has 7 heteroatoms. The number of nitrogens with zero attached hydrogens (tertiary/aromatic N) is 3. The van der Waals surface area contributed by atoms with Crippen molar-refractivity contribution >= 4 is 51.6 Å². The van der Waals surface area contributed by atoms with Gasteiger partial charge < -0.3 is 9.47 Å². The minimum absolute atomic E-state index is 0.0711. The van der Waals surface area contributed by atoms with Gasteiger partial charge in [-0.2, -0.15) is 0 Å². The smallest absolute Gasteiger partial charge is 0.264 e. The largest absolute Gasteiger partial charge is 0.330 e. The fourth-order valence-electron chi connectivity index (χ4n) is 3.15. The van der Waals surface area contributed by atoms with Gasteiger partial charge in [-0.25, -0.2) is 4.98 Å². The summed E-state index contributed by atoms with van der Waals surface area (Å²) in [6, 6.07) is 9.67. The van der Waals surface area contributed by atoms with Crippen molar-refractivity contribution < 1.29 is 4.79 Å². The van der Waals surface area contributed by atoms with E-state index in [1.54, 1.807) is 23.1 Å². The Bertz CT molecular complexity index is 948. The number of thioether (sulfide) groups is 1. The molecule has 0 atom stereocenters. The molecule has 0 spiro atoms. The molecule has 144 valence electrons. The molecular formula is C20H24ClN3OS2. The number of benzene rings is 1. The zero-order chi connectivity index (χ0) is 19.6. The Kier molecular flexibility index (Phi) is 6.50. The van der Waals surface area contributed by atoms with Crippen LogP contribution in [-0.4, -0.2) is 33.2 Å². The fraction of sp³-hybridized carbons (Fsp3) is 0.400. The van der Waals surface area contributed by atoms with E-state index in [0.717, 1.165) is 32.5 Å². The lowest BCUT2D eigenvalue weighted by atomic mass is 10.2. The fourth-order valence-corrected chi connectivity index (χ4v) is 4.83. The molecule has 3 rings (SSSR count). The van der Waals surface area contributed by atoms with E-state index in [4.69, 9.17) is 16.6 Å². The molecule has 1 amide bonds. The average molecular weight is 422 g/mol. The van der Waals surface area contributed by atoms with Crippen LogP contribution in [0.4, 0.5) is 0 Å². The van der Waals surface area contributed by atoms with E-state index in [0.29, 0.717) is 24.0 Å². The molecule has 0 fully saturated rings. The highest BCUT2D eigenvalue weighted by atomic mass is 35.5. The van der Waals surface area contributed by atoms with E-state index in [1.165, 1.54) is 0 Å². The molecule has 4 nitrogen and oxygen atoms in total. The SMILES string of the molecule is CCn1c(CN(CC(C)C)C(=O)c2ccc(SC)s2)nc2ccc(Cl)cc21. The van der Waals surface area contributed by atoms with Crippen molar-refractivity contribution in [3.63, 3.8) is 0 Å². The molecular weight excluding hydrogens is 398 g/mol. The van der Waals surface area contributed by atoms with Gasteiger partial charge in [0, 0.05) is 18.1 Å². The van der Waals surface area contributed by atoms with E-state index >= 15 is 0 Å². The molecule has 3 aromatic rings. The standard InChI is InChI=1S/C20H24ClN3OS2/c1-5-24-16-10-14(21)6-7-15(16)22-18(24)12-23(11-13(2)3)20(25)17-8-9-19(26-4)27-17/h6-10,13H,5,11-12H2,1-4H3. The number of imidazole rings is 1. The van der Waals surface area contributed by atoms with E-state index < -0.39 is 0 Å². The van der Waals surface area contributed by atoms with Gasteiger partial charge in [0.1, 0.15) is 5.82 Å². The Balaban J connectivity index is 1.94. The van der Waals surface area contributed by atoms with Crippen molar-refractivity contribution in [3.05, 3.63) is 46.1 Å². The van der Waals surface area contributed by atoms with Crippen LogP contribution >= 0.6 is 34.7 Å². The third-order valence-corrected chi connectivity index (χ3v) is 6.70. The van der Waals surface area contributed by atoms with E-state index in [-0.39, 0.29) is 5.91 Å². The van der Waals surface area contributed by atoms with E-state index in [1.807, 2.05) is 41.5 Å². The molecule has 2 aromatic heterocycles. The zero-order valence-electron chi connectivity index (χ0n) is 16.0. The van der Waals surface area contributed by atoms with Gasteiger partial charge >= 0.3 is 0 Å². The van der Waals surface area contributed by atoms with Crippen LogP contribution in [0.15, 0.2) is 34.5 Å². The summed E-state index contributed by atoms with van der Waals surface area (Å²) in [5.74, 6) is 1.34. The first kappa shape index (κ1) is 20.2. The Morgan fingerprint density at radius 3 is 2.74 bits per heavy atom. The molecule has 1 aromatic carbocycles. The van der Waals surface area contributed by atoms with Gasteiger partial charge in [-0.1, -0.05) is 25.4 Å². The summed E-state index contributed by atoms with van der Waals surface area (Å²) >= 11 is 9.39. The van der Waals surface area contributed by atoms with Gasteiger partial charge in [0.15, 0.2) is 0 Å². The number of carbonyl (C=O) groups excluding carboxylic acids is 1. The highest BCUT2D eigenvalue weighted by molar-refractivity contribution is 8.00. The average Bonchev–Trinajstić information content (AvgIpc) is 3.24. The second-order valence-corrected chi connectivity index (χ2v) is 9.43. The Morgan fingerprint density at radius 2 is 2.11 bits per heavy atom. The van der Waals surface area contributed by atoms with Crippen molar-refractivity contribution in [1.82, 2.24) is 14.5 Å². The molecule has 0 aliphatic carbocycles. The highest BCUT2D eigenvalue weighted by Crippen LogP contribution is 2.27. The van der Waals surface area contributed by atoms with Crippen LogP contribution in [0.1, 0.15) is 36.3 Å². The zero-order valence-corrected chi connectivity index (χ0v) is 18.4. The van der Waals surface area contributed by atoms with Crippen molar-refractivity contribution in [3.8, 4) is 0 Å². The van der Waals surface area contributed by atoms with Crippen LogP contribution in [0.25, 0.3) is 11.0 Å². The van der Waals surface area contributed by atoms with E-state index in [9.17, 15) is 4.79 Å². The number of rotatable bonds is 7. The van der Waals surface area contributed by atoms with Gasteiger partial charge in [-0.05, 0) is 49.4 Å². The third-order valence-electron chi connectivity index (χ3n) is 4.30. The van der Waals surface area contributed by atoms with Crippen LogP contribution in [0.2, 0.25) is 5.02 Å². The lowest BCUT2D eigenvalue weighted by Crippen LogP contribution is -2.34. The van der Waals surface area contributed by atoms with Crippen molar-refractivity contribution in [2.45, 2.75) is 38.1 Å². The Labute approximate surface area is 173 Å². The normalized spacial score (nSPS) is 11.5. The minimum Gasteiger partial charge on any atom is -0.330 e. The first-order chi connectivity index (χ1) is 12.9. The number of amides is 1. The quantitative estimate of drug-likeness (QED) is 0.453. The van der Waals surface area contributed by atoms with Crippen molar-refractivity contribution in [2.24, 2.45) is 5.92 Å². The number of fused-ring (bicyclic) bond motifs is 1. The summed E-state index contributed by atoms with van der Waals surface area (Å²) < 4.78 is 3.29. The maximum atomic E-state index is 13.2. The molecule has 2 heterocycles. The number of thiophene rings is 1. The third kappa shape index (κ3) is 4.50. The van der Waals surface area contributed by atoms with Crippen LogP contribution in [-0.2, 0) is 13.1 Å². The molecule has 0 saturated carbocycles. The summed E-state index contributed by atoms with van der Waals surface area (Å²) in [5.41, 5.74) is 1.92. The van der Waals surface area contributed by atoms with Gasteiger partial charge in [0.05, 0.1) is 26.7 Å². The number of hydrogen-bond acceptors (Lipinski definition) is 4. The number of aryl methyl sites for hydroxylation is 1. The number of aromatic nitrogens is 2. The number of hydrogen-bond donors (Lipinski definition) is 0. The van der Waals surface area contributed by atoms with E-state index in [2.05, 4.69) is 25.3 Å². The Morgan fingerprint density at radius 1 is 1.33 bits per heavy atom. The molecule has 0 bridgehead atoms. The monoisotopic (exact) mass is 421 g/mol. The van der Waals surface area contributed by atoms with Crippen LogP contribution in [0.5, 0.6) is 0 Å². The maximum Gasteiger partial charge on any atom is 0.264 e. The number of carbonyl (C=O) groups is 1. The lowest BCUT2D eigenvalue weighted by Gasteiger charge is -2.24. The molecule has 0 radical (unpaired) electrons. The molecule has 0 unspecified atom stereocenters. The summed E-state index contributed by atoms with van der Waals surface area (Å²) in [5, 5.41) is 0.696. The molecule has 27 heavy (non-hydrogen) atoms. The summed E-state index contributed by atoms with van der Waals surface area (Å²) in [4.78, 5) is 20.6. The summed E-state index contributed by atoms with van der Waals surface area (Å²) in [6.07, 6.45) is 2.03. The van der Waals surface area contributed by atoms with Gasteiger partial charge in [0.2, 0.25) is 0 Å². The van der Waals surface area contributed by atoms with Crippen LogP contribution in [0, 0.1) is 5.92 Å². The Hall–Kier alpha value is -1.50. The maximum absolute atomic E-state index is 13.2. The first-order valence-corrected chi connectivity index (χ1v) is 11.4. The molecule has 0 aliphatic heterocycles. The molecule has 0 N–H and O–H groups in total. The lowest BCUT2D eigenvalue weighted by molar-refractivity contribution is 0.0721. The second kappa shape index (κ2) is 8.67. The van der Waals surface area contributed by atoms with Crippen molar-refractivity contribution in [1.29, 1.82) is 0 Å². The number of halogens is 1. The van der Waals surface area contributed by atoms with Gasteiger partial charge in [-0.15, -0.1) is 23.1 Å². The topological polar surface area (TPSA) is 38.1 Å². The van der Waals surface area contributed by atoms with Gasteiger partial charge in [-0.3, -0.25) is 4.79 Å². The van der Waals surface area contributed by atoms with Crippen LogP contribution in [0.3, 0.4) is 0 Å². The predicted octanol–water partition coefficient (Wildman–Crippen LogP) is 5.79. The van der Waals surface area contributed by atoms with Gasteiger partial charge in [0.25, 0.3) is 5.91 Å². The summed E-state index contributed by atoms with van der Waals surface area (Å²) in [7, 11) is 0. The second-order valence-electron chi connectivity index (χ2n) is 6.81.